The molecule has 0 aliphatic rings. The number of hydrogen-bond donors (Lipinski definition) is 2. The van der Waals surface area contributed by atoms with E-state index >= 15 is 0 Å². The van der Waals surface area contributed by atoms with Gasteiger partial charge in [-0.05, 0) is 26.1 Å². The van der Waals surface area contributed by atoms with Crippen molar-refractivity contribution in [3.63, 3.8) is 0 Å². The first kappa shape index (κ1) is 15.7. The molecule has 0 atom stereocenters. The smallest absolute Gasteiger partial charge is 0.250 e. The van der Waals surface area contributed by atoms with Gasteiger partial charge < -0.3 is 15.2 Å². The van der Waals surface area contributed by atoms with E-state index in [-0.39, 0.29) is 30.4 Å². The van der Waals surface area contributed by atoms with Crippen molar-refractivity contribution < 1.29 is 4.79 Å². The van der Waals surface area contributed by atoms with Crippen LogP contribution >= 0.6 is 12.4 Å². The molecule has 0 unspecified atom stereocenters. The van der Waals surface area contributed by atoms with Gasteiger partial charge in [-0.3, -0.25) is 9.59 Å². The summed E-state index contributed by atoms with van der Waals surface area (Å²) in [5.74, 6) is -0.135. The standard InChI is InChI=1S/C11H17N3O2.ClH/c1-12-6-4-7-13-10(15)9-14-8-3-2-5-11(14)16;/h2-3,5,8,12H,4,6-7,9H2,1H3,(H,13,15);1H. The lowest BCUT2D eigenvalue weighted by atomic mass is 10.4. The molecular formula is C11H18ClN3O2. The maximum absolute atomic E-state index is 11.4. The van der Waals surface area contributed by atoms with E-state index < -0.39 is 0 Å². The van der Waals surface area contributed by atoms with E-state index in [0.717, 1.165) is 13.0 Å². The Morgan fingerprint density at radius 1 is 1.35 bits per heavy atom. The van der Waals surface area contributed by atoms with Crippen molar-refractivity contribution in [1.82, 2.24) is 15.2 Å². The highest BCUT2D eigenvalue weighted by atomic mass is 35.5. The highest BCUT2D eigenvalue weighted by Crippen LogP contribution is 1.82. The number of rotatable bonds is 6. The van der Waals surface area contributed by atoms with Crippen molar-refractivity contribution in [3.8, 4) is 0 Å². The number of amides is 1. The molecule has 0 saturated carbocycles. The number of aromatic nitrogens is 1. The Bertz CT molecular complexity index is 392. The van der Waals surface area contributed by atoms with Crippen LogP contribution in [0.15, 0.2) is 29.2 Å². The number of hydrogen-bond acceptors (Lipinski definition) is 3. The molecule has 0 saturated heterocycles. The van der Waals surface area contributed by atoms with Crippen LogP contribution in [0.1, 0.15) is 6.42 Å². The van der Waals surface area contributed by atoms with Crippen LogP contribution in [-0.2, 0) is 11.3 Å². The Kier molecular flexibility index (Phi) is 8.09. The lowest BCUT2D eigenvalue weighted by Crippen LogP contribution is -2.33. The van der Waals surface area contributed by atoms with Gasteiger partial charge in [-0.15, -0.1) is 12.4 Å². The zero-order valence-corrected chi connectivity index (χ0v) is 10.6. The van der Waals surface area contributed by atoms with Gasteiger partial charge >= 0.3 is 0 Å². The van der Waals surface area contributed by atoms with Gasteiger partial charge in [0.05, 0.1) is 0 Å². The molecule has 0 fully saturated rings. The van der Waals surface area contributed by atoms with E-state index in [9.17, 15) is 9.59 Å². The van der Waals surface area contributed by atoms with Crippen molar-refractivity contribution >= 4 is 18.3 Å². The SMILES string of the molecule is CNCCCNC(=O)Cn1ccccc1=O.Cl. The highest BCUT2D eigenvalue weighted by Gasteiger charge is 2.02. The number of carbonyl (C=O) groups excluding carboxylic acids is 1. The molecular weight excluding hydrogens is 242 g/mol. The fourth-order valence-corrected chi connectivity index (χ4v) is 1.29. The molecule has 0 aliphatic heterocycles. The number of nitrogens with zero attached hydrogens (tertiary/aromatic N) is 1. The second kappa shape index (κ2) is 8.78. The minimum atomic E-state index is -0.159. The van der Waals surface area contributed by atoms with Crippen molar-refractivity contribution in [1.29, 1.82) is 0 Å². The molecule has 1 amide bonds. The number of nitrogens with one attached hydrogen (secondary N) is 2. The summed E-state index contributed by atoms with van der Waals surface area (Å²) in [6, 6.07) is 4.83. The monoisotopic (exact) mass is 259 g/mol. The van der Waals surface area contributed by atoms with E-state index in [2.05, 4.69) is 10.6 Å². The third kappa shape index (κ3) is 6.09. The number of carbonyl (C=O) groups is 1. The molecule has 1 aromatic rings. The molecule has 96 valence electrons. The second-order valence-corrected chi connectivity index (χ2v) is 3.47. The third-order valence-corrected chi connectivity index (χ3v) is 2.14. The average molecular weight is 260 g/mol. The Morgan fingerprint density at radius 2 is 2.12 bits per heavy atom. The van der Waals surface area contributed by atoms with Crippen LogP contribution in [0.25, 0.3) is 0 Å². The maximum Gasteiger partial charge on any atom is 0.250 e. The van der Waals surface area contributed by atoms with Crippen LogP contribution < -0.4 is 16.2 Å². The van der Waals surface area contributed by atoms with Gasteiger partial charge in [0.15, 0.2) is 0 Å². The molecule has 2 N–H and O–H groups in total. The fraction of sp³-hybridized carbons (Fsp3) is 0.455. The van der Waals surface area contributed by atoms with Crippen molar-refractivity contribution in [2.45, 2.75) is 13.0 Å². The summed E-state index contributed by atoms with van der Waals surface area (Å²) in [6.45, 7) is 1.58. The molecule has 1 rings (SSSR count). The average Bonchev–Trinajstić information content (AvgIpc) is 2.28. The Labute approximate surface area is 107 Å². The summed E-state index contributed by atoms with van der Waals surface area (Å²) in [4.78, 5) is 22.7. The number of pyridine rings is 1. The lowest BCUT2D eigenvalue weighted by molar-refractivity contribution is -0.121. The first-order chi connectivity index (χ1) is 7.74. The van der Waals surface area contributed by atoms with Gasteiger partial charge in [-0.25, -0.2) is 0 Å². The lowest BCUT2D eigenvalue weighted by Gasteiger charge is -2.06. The molecule has 1 heterocycles. The predicted octanol–water partition coefficient (Wildman–Crippen LogP) is -0.00420. The predicted molar refractivity (Wildman–Crippen MR) is 69.5 cm³/mol. The molecule has 0 aliphatic carbocycles. The minimum absolute atomic E-state index is 0. The highest BCUT2D eigenvalue weighted by molar-refractivity contribution is 5.85. The van der Waals surface area contributed by atoms with Gasteiger partial charge in [0, 0.05) is 18.8 Å². The minimum Gasteiger partial charge on any atom is -0.355 e. The van der Waals surface area contributed by atoms with Crippen LogP contribution in [0.4, 0.5) is 0 Å². The summed E-state index contributed by atoms with van der Waals surface area (Å²) in [6.07, 6.45) is 2.49. The summed E-state index contributed by atoms with van der Waals surface area (Å²) in [5, 5.41) is 5.75. The van der Waals surface area contributed by atoms with Crippen molar-refractivity contribution in [2.24, 2.45) is 0 Å². The van der Waals surface area contributed by atoms with Crippen LogP contribution in [0.2, 0.25) is 0 Å². The Balaban J connectivity index is 0.00000256. The van der Waals surface area contributed by atoms with E-state index in [1.807, 2.05) is 7.05 Å². The van der Waals surface area contributed by atoms with Gasteiger partial charge in [-0.2, -0.15) is 0 Å². The van der Waals surface area contributed by atoms with E-state index in [4.69, 9.17) is 0 Å². The van der Waals surface area contributed by atoms with Crippen LogP contribution in [0, 0.1) is 0 Å². The van der Waals surface area contributed by atoms with E-state index in [1.165, 1.54) is 10.6 Å². The van der Waals surface area contributed by atoms with Crippen molar-refractivity contribution in [2.75, 3.05) is 20.1 Å². The second-order valence-electron chi connectivity index (χ2n) is 3.47. The summed E-state index contributed by atoms with van der Waals surface area (Å²) >= 11 is 0. The zero-order valence-electron chi connectivity index (χ0n) is 9.81. The maximum atomic E-state index is 11.4. The quantitative estimate of drug-likeness (QED) is 0.707. The van der Waals surface area contributed by atoms with Crippen LogP contribution in [-0.4, -0.2) is 30.6 Å². The summed E-state index contributed by atoms with van der Waals surface area (Å²) in [7, 11) is 1.87. The van der Waals surface area contributed by atoms with Gasteiger partial charge in [0.2, 0.25) is 5.91 Å². The summed E-state index contributed by atoms with van der Waals surface area (Å²) < 4.78 is 1.38. The van der Waals surface area contributed by atoms with Crippen LogP contribution in [0.3, 0.4) is 0 Å². The van der Waals surface area contributed by atoms with Gasteiger partial charge in [0.25, 0.3) is 5.56 Å². The zero-order chi connectivity index (χ0) is 11.8. The molecule has 6 heteroatoms. The Morgan fingerprint density at radius 3 is 2.76 bits per heavy atom. The largest absolute Gasteiger partial charge is 0.355 e. The first-order valence-corrected chi connectivity index (χ1v) is 5.31. The molecule has 0 bridgehead atoms. The summed E-state index contributed by atoms with van der Waals surface area (Å²) in [5.41, 5.74) is -0.159. The molecule has 1 aromatic heterocycles. The normalized spacial score (nSPS) is 9.47. The van der Waals surface area contributed by atoms with Crippen LogP contribution in [0.5, 0.6) is 0 Å². The van der Waals surface area contributed by atoms with Gasteiger partial charge in [-0.1, -0.05) is 6.07 Å². The van der Waals surface area contributed by atoms with E-state index in [0.29, 0.717) is 6.54 Å². The molecule has 5 nitrogen and oxygen atoms in total. The topological polar surface area (TPSA) is 63.1 Å². The molecule has 17 heavy (non-hydrogen) atoms. The third-order valence-electron chi connectivity index (χ3n) is 2.14. The molecule has 0 radical (unpaired) electrons. The molecule has 0 spiro atoms. The fourth-order valence-electron chi connectivity index (χ4n) is 1.29. The van der Waals surface area contributed by atoms with Crippen molar-refractivity contribution in [3.05, 3.63) is 34.7 Å². The number of halogens is 1. The van der Waals surface area contributed by atoms with E-state index in [1.54, 1.807) is 18.3 Å². The Hall–Kier alpha value is -1.33. The van der Waals surface area contributed by atoms with Gasteiger partial charge in [0.1, 0.15) is 6.54 Å². The molecule has 0 aromatic carbocycles. The first-order valence-electron chi connectivity index (χ1n) is 5.31.